The molecule has 24 heavy (non-hydrogen) atoms. The van der Waals surface area contributed by atoms with Gasteiger partial charge in [0.15, 0.2) is 0 Å². The number of anilines is 1. The summed E-state index contributed by atoms with van der Waals surface area (Å²) < 4.78 is 13.8. The fraction of sp³-hybridized carbons (Fsp3) is 0. The van der Waals surface area contributed by atoms with E-state index in [2.05, 4.69) is 5.32 Å². The zero-order chi connectivity index (χ0) is 16.9. The van der Waals surface area contributed by atoms with E-state index in [0.29, 0.717) is 5.69 Å². The summed E-state index contributed by atoms with van der Waals surface area (Å²) in [6, 6.07) is 22.7. The monoisotopic (exact) mass is 316 g/mol. The lowest BCUT2D eigenvalue weighted by Gasteiger charge is -2.08. The number of nitriles is 1. The first-order valence-electron chi connectivity index (χ1n) is 7.34. The smallest absolute Gasteiger partial charge is 0.258 e. The van der Waals surface area contributed by atoms with Gasteiger partial charge in [-0.25, -0.2) is 4.39 Å². The van der Waals surface area contributed by atoms with Crippen molar-refractivity contribution in [3.05, 3.63) is 89.7 Å². The molecule has 0 spiro atoms. The average Bonchev–Trinajstić information content (AvgIpc) is 2.63. The second kappa shape index (κ2) is 6.76. The summed E-state index contributed by atoms with van der Waals surface area (Å²) in [5, 5.41) is 11.5. The number of amides is 1. The van der Waals surface area contributed by atoms with Gasteiger partial charge in [0.2, 0.25) is 0 Å². The van der Waals surface area contributed by atoms with E-state index >= 15 is 0 Å². The molecule has 0 aliphatic carbocycles. The van der Waals surface area contributed by atoms with Crippen LogP contribution in [0, 0.1) is 17.1 Å². The molecule has 3 nitrogen and oxygen atoms in total. The van der Waals surface area contributed by atoms with Gasteiger partial charge in [-0.2, -0.15) is 5.26 Å². The number of carbonyl (C=O) groups excluding carboxylic acids is 1. The minimum Gasteiger partial charge on any atom is -0.322 e. The van der Waals surface area contributed by atoms with Gasteiger partial charge in [-0.3, -0.25) is 4.79 Å². The second-order valence-electron chi connectivity index (χ2n) is 5.20. The maximum Gasteiger partial charge on any atom is 0.258 e. The summed E-state index contributed by atoms with van der Waals surface area (Å²) >= 11 is 0. The molecule has 0 aromatic heterocycles. The summed E-state index contributed by atoms with van der Waals surface area (Å²) in [6.45, 7) is 0. The Kier molecular flexibility index (Phi) is 4.35. The molecule has 0 radical (unpaired) electrons. The first-order chi connectivity index (χ1) is 11.7. The van der Waals surface area contributed by atoms with Gasteiger partial charge in [-0.1, -0.05) is 42.5 Å². The largest absolute Gasteiger partial charge is 0.322 e. The first kappa shape index (κ1) is 15.4. The highest BCUT2D eigenvalue weighted by atomic mass is 19.1. The quantitative estimate of drug-likeness (QED) is 0.766. The minimum atomic E-state index is -0.660. The van der Waals surface area contributed by atoms with E-state index < -0.39 is 11.7 Å². The molecule has 0 fully saturated rings. The van der Waals surface area contributed by atoms with Gasteiger partial charge >= 0.3 is 0 Å². The van der Waals surface area contributed by atoms with Gasteiger partial charge in [0.05, 0.1) is 17.2 Å². The van der Waals surface area contributed by atoms with Gasteiger partial charge in [0.1, 0.15) is 5.82 Å². The van der Waals surface area contributed by atoms with Crippen LogP contribution in [-0.4, -0.2) is 5.91 Å². The van der Waals surface area contributed by atoms with Crippen molar-refractivity contribution in [2.75, 3.05) is 5.32 Å². The van der Waals surface area contributed by atoms with Crippen molar-refractivity contribution >= 4 is 11.6 Å². The molecule has 0 unspecified atom stereocenters. The molecular weight excluding hydrogens is 303 g/mol. The van der Waals surface area contributed by atoms with Crippen LogP contribution in [0.2, 0.25) is 0 Å². The Morgan fingerprint density at radius 1 is 0.917 bits per heavy atom. The van der Waals surface area contributed by atoms with Crippen molar-refractivity contribution in [2.24, 2.45) is 0 Å². The SMILES string of the molecule is N#Cc1ccc(F)c(C(=O)Nc2ccc(-c3ccccc3)cc2)c1. The molecule has 0 bridgehead atoms. The van der Waals surface area contributed by atoms with Gasteiger partial charge in [-0.05, 0) is 41.5 Å². The number of benzene rings is 3. The molecule has 4 heteroatoms. The van der Waals surface area contributed by atoms with Gasteiger partial charge in [0.25, 0.3) is 5.91 Å². The van der Waals surface area contributed by atoms with Crippen LogP contribution in [0.25, 0.3) is 11.1 Å². The topological polar surface area (TPSA) is 52.9 Å². The number of hydrogen-bond donors (Lipinski definition) is 1. The number of hydrogen-bond acceptors (Lipinski definition) is 2. The first-order valence-corrected chi connectivity index (χ1v) is 7.34. The number of carbonyl (C=O) groups is 1. The van der Waals surface area contributed by atoms with Crippen LogP contribution < -0.4 is 5.32 Å². The fourth-order valence-corrected chi connectivity index (χ4v) is 2.34. The van der Waals surface area contributed by atoms with Crippen LogP contribution in [-0.2, 0) is 0 Å². The summed E-state index contributed by atoms with van der Waals surface area (Å²) in [6.07, 6.45) is 0. The minimum absolute atomic E-state index is 0.152. The van der Waals surface area contributed by atoms with Crippen molar-refractivity contribution in [1.29, 1.82) is 5.26 Å². The summed E-state index contributed by atoms with van der Waals surface area (Å²) in [5.74, 6) is -1.25. The van der Waals surface area contributed by atoms with Crippen LogP contribution in [0.5, 0.6) is 0 Å². The van der Waals surface area contributed by atoms with E-state index in [1.807, 2.05) is 48.5 Å². The predicted molar refractivity (Wildman–Crippen MR) is 90.9 cm³/mol. The Morgan fingerprint density at radius 3 is 2.25 bits per heavy atom. The summed E-state index contributed by atoms with van der Waals surface area (Å²) in [7, 11) is 0. The van der Waals surface area contributed by atoms with Crippen molar-refractivity contribution in [3.8, 4) is 17.2 Å². The molecule has 0 aliphatic heterocycles. The molecule has 1 N–H and O–H groups in total. The average molecular weight is 316 g/mol. The fourth-order valence-electron chi connectivity index (χ4n) is 2.34. The van der Waals surface area contributed by atoms with Gasteiger partial charge in [-0.15, -0.1) is 0 Å². The zero-order valence-electron chi connectivity index (χ0n) is 12.7. The summed E-state index contributed by atoms with van der Waals surface area (Å²) in [5.41, 5.74) is 2.73. The Bertz CT molecular complexity index is 913. The van der Waals surface area contributed by atoms with E-state index in [-0.39, 0.29) is 11.1 Å². The molecule has 0 saturated carbocycles. The number of halogens is 1. The Morgan fingerprint density at radius 2 is 1.58 bits per heavy atom. The lowest BCUT2D eigenvalue weighted by molar-refractivity contribution is 0.102. The van der Waals surface area contributed by atoms with Crippen LogP contribution in [0.3, 0.4) is 0 Å². The van der Waals surface area contributed by atoms with E-state index in [0.717, 1.165) is 17.2 Å². The van der Waals surface area contributed by atoms with Crippen LogP contribution >= 0.6 is 0 Å². The molecule has 0 atom stereocenters. The third kappa shape index (κ3) is 3.31. The van der Waals surface area contributed by atoms with E-state index in [1.54, 1.807) is 12.1 Å². The molecule has 3 aromatic carbocycles. The van der Waals surface area contributed by atoms with Crippen molar-refractivity contribution in [3.63, 3.8) is 0 Å². The highest BCUT2D eigenvalue weighted by Crippen LogP contribution is 2.21. The molecule has 1 amide bonds. The lowest BCUT2D eigenvalue weighted by atomic mass is 10.1. The van der Waals surface area contributed by atoms with E-state index in [9.17, 15) is 9.18 Å². The Balaban J connectivity index is 1.79. The number of nitrogens with one attached hydrogen (secondary N) is 1. The standard InChI is InChI=1S/C20H13FN2O/c21-19-11-6-14(13-22)12-18(19)20(24)23-17-9-7-16(8-10-17)15-4-2-1-3-5-15/h1-12H,(H,23,24). The number of nitrogens with zero attached hydrogens (tertiary/aromatic N) is 1. The molecule has 0 heterocycles. The Labute approximate surface area is 139 Å². The molecule has 3 aromatic rings. The van der Waals surface area contributed by atoms with E-state index in [4.69, 9.17) is 5.26 Å². The number of rotatable bonds is 3. The molecular formula is C20H13FN2O. The normalized spacial score (nSPS) is 10.0. The lowest BCUT2D eigenvalue weighted by Crippen LogP contribution is -2.14. The highest BCUT2D eigenvalue weighted by Gasteiger charge is 2.13. The second-order valence-corrected chi connectivity index (χ2v) is 5.20. The maximum atomic E-state index is 13.8. The van der Waals surface area contributed by atoms with Crippen molar-refractivity contribution in [2.45, 2.75) is 0 Å². The van der Waals surface area contributed by atoms with Crippen LogP contribution in [0.1, 0.15) is 15.9 Å². The molecule has 3 rings (SSSR count). The molecule has 0 aliphatic rings. The third-order valence-corrected chi connectivity index (χ3v) is 3.59. The third-order valence-electron chi connectivity index (χ3n) is 3.59. The Hall–Kier alpha value is -3.45. The predicted octanol–water partition coefficient (Wildman–Crippen LogP) is 4.62. The zero-order valence-corrected chi connectivity index (χ0v) is 12.7. The van der Waals surface area contributed by atoms with Crippen LogP contribution in [0.15, 0.2) is 72.8 Å². The van der Waals surface area contributed by atoms with Crippen LogP contribution in [0.4, 0.5) is 10.1 Å². The van der Waals surface area contributed by atoms with Crippen molar-refractivity contribution < 1.29 is 9.18 Å². The summed E-state index contributed by atoms with van der Waals surface area (Å²) in [4.78, 5) is 12.2. The maximum absolute atomic E-state index is 13.8. The highest BCUT2D eigenvalue weighted by molar-refractivity contribution is 6.04. The van der Waals surface area contributed by atoms with Gasteiger partial charge < -0.3 is 5.32 Å². The van der Waals surface area contributed by atoms with E-state index in [1.165, 1.54) is 12.1 Å². The molecule has 116 valence electrons. The van der Waals surface area contributed by atoms with Gasteiger partial charge in [0, 0.05) is 5.69 Å². The van der Waals surface area contributed by atoms with Crippen molar-refractivity contribution in [1.82, 2.24) is 0 Å². The molecule has 0 saturated heterocycles.